The summed E-state index contributed by atoms with van der Waals surface area (Å²) in [6.45, 7) is 2.74. The van der Waals surface area contributed by atoms with Crippen molar-refractivity contribution < 1.29 is 9.90 Å². The van der Waals surface area contributed by atoms with Gasteiger partial charge in [-0.25, -0.2) is 0 Å². The molecular weight excluding hydrogens is 400 g/mol. The summed E-state index contributed by atoms with van der Waals surface area (Å²) >= 11 is 0. The third-order valence-corrected chi connectivity index (χ3v) is 8.09. The average molecular weight is 435 g/mol. The fourth-order valence-electron chi connectivity index (χ4n) is 6.14. The molecule has 2 aromatic rings. The maximum atomic E-state index is 13.6. The van der Waals surface area contributed by atoms with Gasteiger partial charge in [0.15, 0.2) is 5.60 Å². The fourth-order valence-corrected chi connectivity index (χ4v) is 6.14. The summed E-state index contributed by atoms with van der Waals surface area (Å²) in [6, 6.07) is 13.5. The molecule has 4 N–H and O–H groups in total. The summed E-state index contributed by atoms with van der Waals surface area (Å²) in [6.07, 6.45) is 9.22. The highest BCUT2D eigenvalue weighted by molar-refractivity contribution is 5.87. The number of amides is 1. The second-order valence-corrected chi connectivity index (χ2v) is 10.1. The van der Waals surface area contributed by atoms with Crippen LogP contribution < -0.4 is 11.1 Å². The minimum Gasteiger partial charge on any atom is -0.375 e. The zero-order chi connectivity index (χ0) is 22.2. The lowest BCUT2D eigenvalue weighted by Gasteiger charge is -2.39. The molecule has 2 aliphatic carbocycles. The number of benzene rings is 1. The molecule has 0 radical (unpaired) electrons. The van der Waals surface area contributed by atoms with Crippen LogP contribution in [0.5, 0.6) is 0 Å². The number of pyridine rings is 1. The second kappa shape index (κ2) is 8.58. The Bertz CT molecular complexity index is 933. The number of nitrogens with one attached hydrogen (secondary N) is 1. The predicted molar refractivity (Wildman–Crippen MR) is 123 cm³/mol. The number of nitrogens with zero attached hydrogens (tertiary/aromatic N) is 2. The van der Waals surface area contributed by atoms with Crippen LogP contribution in [0.4, 0.5) is 0 Å². The third kappa shape index (κ3) is 3.85. The monoisotopic (exact) mass is 434 g/mol. The van der Waals surface area contributed by atoms with Gasteiger partial charge in [-0.2, -0.15) is 0 Å². The van der Waals surface area contributed by atoms with Gasteiger partial charge in [0, 0.05) is 43.4 Å². The Morgan fingerprint density at radius 1 is 1.19 bits per heavy atom. The molecule has 6 heteroatoms. The smallest absolute Gasteiger partial charge is 0.258 e. The van der Waals surface area contributed by atoms with Crippen molar-refractivity contribution >= 4 is 5.91 Å². The van der Waals surface area contributed by atoms with Crippen LogP contribution in [0.1, 0.15) is 49.7 Å². The Hall–Kier alpha value is -2.28. The minimum absolute atomic E-state index is 0.0786. The number of carbonyl (C=O) groups excluding carboxylic acids is 1. The van der Waals surface area contributed by atoms with E-state index in [1.807, 2.05) is 54.9 Å². The summed E-state index contributed by atoms with van der Waals surface area (Å²) in [5.41, 5.74) is 6.93. The zero-order valence-electron chi connectivity index (χ0n) is 18.6. The van der Waals surface area contributed by atoms with Crippen molar-refractivity contribution in [3.63, 3.8) is 0 Å². The van der Waals surface area contributed by atoms with Crippen LogP contribution in [0.25, 0.3) is 0 Å². The van der Waals surface area contributed by atoms with Gasteiger partial charge in [0.25, 0.3) is 5.91 Å². The number of aromatic nitrogens is 1. The SMILES string of the molecule is NC(NC(=O)C(O)(c1ccccc1)C1CCCCC1)C12CC1CN(Cc1ccncc1)C2. The first-order valence-electron chi connectivity index (χ1n) is 12.0. The Labute approximate surface area is 190 Å². The van der Waals surface area contributed by atoms with Gasteiger partial charge in [-0.3, -0.25) is 14.7 Å². The molecule has 1 aromatic carbocycles. The van der Waals surface area contributed by atoms with Gasteiger partial charge in [-0.05, 0) is 48.4 Å². The fraction of sp³-hybridized carbons (Fsp3) is 0.538. The van der Waals surface area contributed by atoms with Gasteiger partial charge >= 0.3 is 0 Å². The first-order chi connectivity index (χ1) is 15.5. The molecule has 3 fully saturated rings. The van der Waals surface area contributed by atoms with Crippen LogP contribution in [0.3, 0.4) is 0 Å². The van der Waals surface area contributed by atoms with Gasteiger partial charge in [0.2, 0.25) is 0 Å². The summed E-state index contributed by atoms with van der Waals surface area (Å²) in [7, 11) is 0. The Morgan fingerprint density at radius 3 is 2.62 bits per heavy atom. The van der Waals surface area contributed by atoms with E-state index < -0.39 is 11.8 Å². The number of hydrogen-bond acceptors (Lipinski definition) is 5. The van der Waals surface area contributed by atoms with Crippen LogP contribution in [0.15, 0.2) is 54.9 Å². The number of piperidine rings is 1. The number of aliphatic hydroxyl groups is 1. The topological polar surface area (TPSA) is 91.5 Å². The van der Waals surface area contributed by atoms with Gasteiger partial charge in [0.05, 0.1) is 6.17 Å². The summed E-state index contributed by atoms with van der Waals surface area (Å²) in [5, 5.41) is 14.9. The van der Waals surface area contributed by atoms with E-state index >= 15 is 0 Å². The van der Waals surface area contributed by atoms with Crippen molar-refractivity contribution in [2.75, 3.05) is 13.1 Å². The van der Waals surface area contributed by atoms with Crippen LogP contribution in [-0.4, -0.2) is 40.2 Å². The Morgan fingerprint density at radius 2 is 1.91 bits per heavy atom. The molecule has 2 saturated carbocycles. The lowest BCUT2D eigenvalue weighted by atomic mass is 9.72. The summed E-state index contributed by atoms with van der Waals surface area (Å²) in [4.78, 5) is 20.1. The van der Waals surface area contributed by atoms with E-state index in [9.17, 15) is 9.90 Å². The molecule has 0 bridgehead atoms. The molecule has 32 heavy (non-hydrogen) atoms. The molecule has 3 aliphatic rings. The molecule has 1 aromatic heterocycles. The number of likely N-dealkylation sites (tertiary alicyclic amines) is 1. The van der Waals surface area contributed by atoms with Crippen LogP contribution in [0, 0.1) is 17.3 Å². The molecule has 1 saturated heterocycles. The Balaban J connectivity index is 1.30. The molecule has 170 valence electrons. The lowest BCUT2D eigenvalue weighted by Crippen LogP contribution is -2.58. The van der Waals surface area contributed by atoms with E-state index in [1.165, 1.54) is 12.0 Å². The predicted octanol–water partition coefficient (Wildman–Crippen LogP) is 2.77. The lowest BCUT2D eigenvalue weighted by molar-refractivity contribution is -0.150. The standard InChI is InChI=1S/C26H34N4O2/c27-23(25-15-22(25)17-30(18-25)16-19-11-13-28-14-12-19)29-24(31)26(32,20-7-3-1-4-8-20)21-9-5-2-6-10-21/h1,3-4,7-8,11-14,21-23,32H,2,5-6,9-10,15-18,27H2,(H,29,31). The molecule has 2 heterocycles. The molecule has 0 spiro atoms. The van der Waals surface area contributed by atoms with Crippen molar-refractivity contribution in [2.24, 2.45) is 23.0 Å². The van der Waals surface area contributed by atoms with Gasteiger partial charge in [-0.1, -0.05) is 49.6 Å². The van der Waals surface area contributed by atoms with Gasteiger partial charge in [0.1, 0.15) is 0 Å². The highest BCUT2D eigenvalue weighted by Gasteiger charge is 2.63. The Kier molecular flexibility index (Phi) is 5.78. The molecule has 1 amide bonds. The summed E-state index contributed by atoms with van der Waals surface area (Å²) < 4.78 is 0. The third-order valence-electron chi connectivity index (χ3n) is 8.09. The highest BCUT2D eigenvalue weighted by Crippen LogP contribution is 2.59. The van der Waals surface area contributed by atoms with E-state index in [-0.39, 0.29) is 17.2 Å². The number of fused-ring (bicyclic) bond motifs is 1. The number of carbonyl (C=O) groups is 1. The van der Waals surface area contributed by atoms with Crippen molar-refractivity contribution in [3.8, 4) is 0 Å². The van der Waals surface area contributed by atoms with Crippen molar-refractivity contribution in [3.05, 3.63) is 66.0 Å². The van der Waals surface area contributed by atoms with Gasteiger partial charge < -0.3 is 16.2 Å². The molecule has 5 rings (SSSR count). The number of nitrogens with two attached hydrogens (primary N) is 1. The van der Waals surface area contributed by atoms with Gasteiger partial charge in [-0.15, -0.1) is 0 Å². The van der Waals surface area contributed by atoms with E-state index in [0.29, 0.717) is 11.5 Å². The van der Waals surface area contributed by atoms with Crippen LogP contribution in [-0.2, 0) is 16.9 Å². The van der Waals surface area contributed by atoms with E-state index in [0.717, 1.165) is 51.7 Å². The summed E-state index contributed by atoms with van der Waals surface area (Å²) in [5.74, 6) is 0.0833. The van der Waals surface area contributed by atoms with E-state index in [1.54, 1.807) is 0 Å². The largest absolute Gasteiger partial charge is 0.375 e. The average Bonchev–Trinajstić information content (AvgIpc) is 3.42. The number of rotatable bonds is 7. The molecule has 4 unspecified atom stereocenters. The van der Waals surface area contributed by atoms with Crippen molar-refractivity contribution in [1.29, 1.82) is 0 Å². The van der Waals surface area contributed by atoms with Crippen LogP contribution in [0.2, 0.25) is 0 Å². The van der Waals surface area contributed by atoms with Crippen molar-refractivity contribution in [1.82, 2.24) is 15.2 Å². The quantitative estimate of drug-likeness (QED) is 0.583. The zero-order valence-corrected chi connectivity index (χ0v) is 18.6. The molecule has 1 aliphatic heterocycles. The molecule has 4 atom stereocenters. The number of hydrogen-bond donors (Lipinski definition) is 3. The normalized spacial score (nSPS) is 28.5. The highest BCUT2D eigenvalue weighted by atomic mass is 16.3. The van der Waals surface area contributed by atoms with E-state index in [2.05, 4.69) is 15.2 Å². The first-order valence-corrected chi connectivity index (χ1v) is 12.0. The van der Waals surface area contributed by atoms with Crippen LogP contribution >= 0.6 is 0 Å². The second-order valence-electron chi connectivity index (χ2n) is 10.1. The van der Waals surface area contributed by atoms with E-state index in [4.69, 9.17) is 5.73 Å². The van der Waals surface area contributed by atoms with Crippen molar-refractivity contribution in [2.45, 2.75) is 56.8 Å². The minimum atomic E-state index is -1.53. The maximum absolute atomic E-state index is 13.6. The first kappa shape index (κ1) is 21.6. The molecule has 6 nitrogen and oxygen atoms in total. The molecular formula is C26H34N4O2. The maximum Gasteiger partial charge on any atom is 0.258 e.